The van der Waals surface area contributed by atoms with Crippen molar-refractivity contribution in [2.45, 2.75) is 11.9 Å². The minimum atomic E-state index is -0.143. The monoisotopic (exact) mass is 368 g/mol. The minimum absolute atomic E-state index is 0.143. The minimum Gasteiger partial charge on any atom is -0.495 e. The Morgan fingerprint density at radius 3 is 2.96 bits per heavy atom. The molecule has 1 aromatic carbocycles. The fourth-order valence-electron chi connectivity index (χ4n) is 2.82. The van der Waals surface area contributed by atoms with E-state index in [0.717, 1.165) is 22.4 Å². The van der Waals surface area contributed by atoms with Gasteiger partial charge in [-0.15, -0.1) is 10.2 Å². The highest BCUT2D eigenvalue weighted by molar-refractivity contribution is 8.00. The van der Waals surface area contributed by atoms with Gasteiger partial charge in [0.2, 0.25) is 5.91 Å². The first-order valence-corrected chi connectivity index (χ1v) is 8.93. The topological polar surface area (TPSA) is 81.7 Å². The lowest BCUT2D eigenvalue weighted by Crippen LogP contribution is -2.15. The summed E-state index contributed by atoms with van der Waals surface area (Å²) in [4.78, 5) is 12.3. The third-order valence-electron chi connectivity index (χ3n) is 3.97. The van der Waals surface area contributed by atoms with Crippen LogP contribution < -0.4 is 10.1 Å². The molecule has 3 heterocycles. The van der Waals surface area contributed by atoms with Crippen molar-refractivity contribution < 1.29 is 13.9 Å². The van der Waals surface area contributed by atoms with E-state index in [2.05, 4.69) is 15.5 Å². The Hall–Kier alpha value is -3.00. The Labute approximate surface area is 153 Å². The second kappa shape index (κ2) is 6.72. The van der Waals surface area contributed by atoms with Gasteiger partial charge in [0.15, 0.2) is 5.58 Å². The van der Waals surface area contributed by atoms with Crippen LogP contribution in [0.1, 0.15) is 5.82 Å². The molecule has 1 N–H and O–H groups in total. The van der Waals surface area contributed by atoms with Gasteiger partial charge < -0.3 is 14.5 Å². The highest BCUT2D eigenvalue weighted by Gasteiger charge is 2.15. The summed E-state index contributed by atoms with van der Waals surface area (Å²) < 4.78 is 12.7. The first-order valence-electron chi connectivity index (χ1n) is 7.95. The number of hydrogen-bond acceptors (Lipinski definition) is 6. The summed E-state index contributed by atoms with van der Waals surface area (Å²) in [5, 5.41) is 12.0. The first kappa shape index (κ1) is 16.5. The molecule has 1 amide bonds. The van der Waals surface area contributed by atoms with Gasteiger partial charge >= 0.3 is 0 Å². The number of carbonyl (C=O) groups is 1. The fraction of sp³-hybridized carbons (Fsp3) is 0.167. The molecule has 26 heavy (non-hydrogen) atoms. The number of nitrogens with zero attached hydrogens (tertiary/aromatic N) is 3. The smallest absolute Gasteiger partial charge is 0.234 e. The number of rotatable bonds is 5. The maximum atomic E-state index is 12.3. The zero-order valence-corrected chi connectivity index (χ0v) is 15.0. The normalized spacial score (nSPS) is 11.2. The van der Waals surface area contributed by atoms with E-state index >= 15 is 0 Å². The van der Waals surface area contributed by atoms with Crippen LogP contribution in [0.4, 0.5) is 5.69 Å². The van der Waals surface area contributed by atoms with Gasteiger partial charge in [-0.05, 0) is 19.1 Å². The Morgan fingerprint density at radius 1 is 1.27 bits per heavy atom. The Balaban J connectivity index is 1.54. The summed E-state index contributed by atoms with van der Waals surface area (Å²) >= 11 is 1.33. The Kier molecular flexibility index (Phi) is 4.26. The number of anilines is 1. The molecule has 0 unspecified atom stereocenters. The summed E-state index contributed by atoms with van der Waals surface area (Å²) in [6.07, 6.45) is 1.64. The van der Waals surface area contributed by atoms with Crippen molar-refractivity contribution in [3.05, 3.63) is 48.5 Å². The zero-order chi connectivity index (χ0) is 18.1. The predicted molar refractivity (Wildman–Crippen MR) is 99.8 cm³/mol. The second-order valence-corrected chi connectivity index (χ2v) is 6.59. The Morgan fingerprint density at radius 2 is 2.12 bits per heavy atom. The number of fused-ring (bicyclic) bond motifs is 3. The van der Waals surface area contributed by atoms with Crippen molar-refractivity contribution in [2.75, 3.05) is 18.2 Å². The molecule has 0 atom stereocenters. The van der Waals surface area contributed by atoms with E-state index in [-0.39, 0.29) is 11.7 Å². The number of nitrogens with one attached hydrogen (secondary N) is 1. The second-order valence-electron chi connectivity index (χ2n) is 5.62. The van der Waals surface area contributed by atoms with Crippen LogP contribution in [0.5, 0.6) is 5.75 Å². The van der Waals surface area contributed by atoms with Crippen molar-refractivity contribution in [1.82, 2.24) is 14.6 Å². The molecular formula is C18H16N4O3S. The number of ether oxygens (including phenoxy) is 1. The van der Waals surface area contributed by atoms with Crippen molar-refractivity contribution in [3.8, 4) is 5.75 Å². The van der Waals surface area contributed by atoms with Crippen molar-refractivity contribution in [3.63, 3.8) is 0 Å². The molecule has 7 nitrogen and oxygen atoms in total. The lowest BCUT2D eigenvalue weighted by molar-refractivity contribution is -0.113. The summed E-state index contributed by atoms with van der Waals surface area (Å²) in [5.74, 6) is 1.45. The average Bonchev–Trinajstić information content (AvgIpc) is 3.23. The third-order valence-corrected chi connectivity index (χ3v) is 4.94. The number of methoxy groups -OCH3 is 1. The lowest BCUT2D eigenvalue weighted by atomic mass is 10.3. The molecule has 0 spiro atoms. The fourth-order valence-corrected chi connectivity index (χ4v) is 3.55. The molecule has 0 radical (unpaired) electrons. The standard InChI is InChI=1S/C18H16N4O3S/c1-11-20-21-18(14-9-16-13(22(11)14)7-8-25-16)26-10-17(23)19-12-5-3-4-6-15(12)24-2/h3-9H,10H2,1-2H3,(H,19,23). The van der Waals surface area contributed by atoms with E-state index in [9.17, 15) is 4.79 Å². The number of thioether (sulfide) groups is 1. The molecule has 0 saturated heterocycles. The van der Waals surface area contributed by atoms with Crippen LogP contribution in [-0.4, -0.2) is 33.4 Å². The van der Waals surface area contributed by atoms with E-state index in [4.69, 9.17) is 9.15 Å². The van der Waals surface area contributed by atoms with Crippen LogP contribution in [0.3, 0.4) is 0 Å². The molecule has 0 aliphatic carbocycles. The number of aromatic nitrogens is 3. The van der Waals surface area contributed by atoms with Gasteiger partial charge in [0.1, 0.15) is 16.6 Å². The number of carbonyl (C=O) groups excluding carboxylic acids is 1. The molecule has 4 aromatic rings. The summed E-state index contributed by atoms with van der Waals surface area (Å²) in [6.45, 7) is 1.88. The van der Waals surface area contributed by atoms with E-state index in [1.165, 1.54) is 11.8 Å². The lowest BCUT2D eigenvalue weighted by Gasteiger charge is -2.10. The largest absolute Gasteiger partial charge is 0.495 e. The van der Waals surface area contributed by atoms with E-state index < -0.39 is 0 Å². The highest BCUT2D eigenvalue weighted by Crippen LogP contribution is 2.29. The molecule has 4 rings (SSSR count). The SMILES string of the molecule is COc1ccccc1NC(=O)CSc1nnc(C)n2c1cc1occc12. The maximum Gasteiger partial charge on any atom is 0.234 e. The summed E-state index contributed by atoms with van der Waals surface area (Å²) in [6, 6.07) is 11.1. The molecule has 132 valence electrons. The molecule has 0 bridgehead atoms. The number of hydrogen-bond donors (Lipinski definition) is 1. The van der Waals surface area contributed by atoms with Crippen LogP contribution in [-0.2, 0) is 4.79 Å². The van der Waals surface area contributed by atoms with Gasteiger partial charge in [-0.2, -0.15) is 0 Å². The van der Waals surface area contributed by atoms with Crippen LogP contribution in [0, 0.1) is 6.92 Å². The average molecular weight is 368 g/mol. The van der Waals surface area contributed by atoms with Crippen LogP contribution in [0.2, 0.25) is 0 Å². The van der Waals surface area contributed by atoms with Gasteiger partial charge in [0.05, 0.1) is 35.8 Å². The molecule has 0 fully saturated rings. The number of furan rings is 1. The van der Waals surface area contributed by atoms with E-state index in [1.54, 1.807) is 25.5 Å². The van der Waals surface area contributed by atoms with Crippen LogP contribution in [0.25, 0.3) is 16.6 Å². The molecular weight excluding hydrogens is 352 g/mol. The highest BCUT2D eigenvalue weighted by atomic mass is 32.2. The van der Waals surface area contributed by atoms with E-state index in [0.29, 0.717) is 16.5 Å². The van der Waals surface area contributed by atoms with Gasteiger partial charge in [-0.1, -0.05) is 23.9 Å². The van der Waals surface area contributed by atoms with Gasteiger partial charge in [-0.25, -0.2) is 0 Å². The molecule has 8 heteroatoms. The zero-order valence-electron chi connectivity index (χ0n) is 14.2. The van der Waals surface area contributed by atoms with Crippen molar-refractivity contribution >= 4 is 40.0 Å². The van der Waals surface area contributed by atoms with Crippen LogP contribution in [0.15, 0.2) is 52.1 Å². The predicted octanol–water partition coefficient (Wildman–Crippen LogP) is 3.52. The van der Waals surface area contributed by atoms with Crippen LogP contribution >= 0.6 is 11.8 Å². The van der Waals surface area contributed by atoms with Gasteiger partial charge in [-0.3, -0.25) is 9.20 Å². The third kappa shape index (κ3) is 2.88. The van der Waals surface area contributed by atoms with Gasteiger partial charge in [0.25, 0.3) is 0 Å². The molecule has 3 aromatic heterocycles. The van der Waals surface area contributed by atoms with E-state index in [1.807, 2.05) is 35.6 Å². The van der Waals surface area contributed by atoms with Crippen molar-refractivity contribution in [1.29, 1.82) is 0 Å². The summed E-state index contributed by atoms with van der Waals surface area (Å²) in [5.41, 5.74) is 3.22. The number of amides is 1. The number of para-hydroxylation sites is 2. The number of benzene rings is 1. The Bertz CT molecular complexity index is 1100. The first-order chi connectivity index (χ1) is 12.7. The molecule has 0 aliphatic heterocycles. The summed E-state index contributed by atoms with van der Waals surface area (Å²) in [7, 11) is 1.57. The quantitative estimate of drug-likeness (QED) is 0.543. The molecule has 0 aliphatic rings. The molecule has 0 saturated carbocycles. The van der Waals surface area contributed by atoms with Gasteiger partial charge in [0, 0.05) is 12.1 Å². The van der Waals surface area contributed by atoms with Crippen molar-refractivity contribution in [2.24, 2.45) is 0 Å². The maximum absolute atomic E-state index is 12.3. The number of aryl methyl sites for hydroxylation is 1.